The van der Waals surface area contributed by atoms with Crippen molar-refractivity contribution in [2.75, 3.05) is 0 Å². The number of hydrogen-bond donors (Lipinski definition) is 1. The van der Waals surface area contributed by atoms with Crippen LogP contribution in [0.4, 0.5) is 4.39 Å². The summed E-state index contributed by atoms with van der Waals surface area (Å²) in [5.41, 5.74) is 2.12. The molecule has 0 unspecified atom stereocenters. The molecular weight excluding hydrogens is 349 g/mol. The van der Waals surface area contributed by atoms with Gasteiger partial charge in [-0.2, -0.15) is 0 Å². The quantitative estimate of drug-likeness (QED) is 0.604. The van der Waals surface area contributed by atoms with Crippen molar-refractivity contribution in [3.63, 3.8) is 0 Å². The summed E-state index contributed by atoms with van der Waals surface area (Å²) in [5, 5.41) is 5.93. The van der Waals surface area contributed by atoms with Gasteiger partial charge in [-0.3, -0.25) is 0 Å². The monoisotopic (exact) mass is 373 g/mol. The summed E-state index contributed by atoms with van der Waals surface area (Å²) in [7, 11) is 0. The van der Waals surface area contributed by atoms with Gasteiger partial charge in [-0.25, -0.2) is 4.39 Å². The molecule has 0 heterocycles. The zero-order valence-electron chi connectivity index (χ0n) is 15.4. The molecule has 26 heavy (non-hydrogen) atoms. The molecule has 3 rings (SSSR count). The van der Waals surface area contributed by atoms with Crippen LogP contribution in [0.3, 0.4) is 0 Å². The lowest BCUT2D eigenvalue weighted by atomic mass is 10.0. The van der Waals surface area contributed by atoms with E-state index in [1.54, 1.807) is 12.1 Å². The van der Waals surface area contributed by atoms with E-state index < -0.39 is 0 Å². The highest BCUT2D eigenvalue weighted by atomic mass is 35.5. The van der Waals surface area contributed by atoms with Crippen LogP contribution in [0, 0.1) is 5.82 Å². The van der Waals surface area contributed by atoms with Crippen molar-refractivity contribution in [3.05, 3.63) is 77.6 Å². The van der Waals surface area contributed by atoms with Crippen LogP contribution < -0.4 is 10.1 Å². The van der Waals surface area contributed by atoms with Crippen LogP contribution in [-0.4, -0.2) is 5.54 Å². The molecule has 0 amide bonds. The first kappa shape index (κ1) is 20.2. The molecule has 2 nitrogen and oxygen atoms in total. The molecule has 0 aromatic heterocycles. The number of halogens is 2. The zero-order valence-corrected chi connectivity index (χ0v) is 16.2. The Morgan fingerprint density at radius 1 is 0.923 bits per heavy atom. The lowest BCUT2D eigenvalue weighted by Crippen LogP contribution is -2.35. The van der Waals surface area contributed by atoms with E-state index in [0.29, 0.717) is 6.61 Å². The fraction of sp³-hybridized carbons (Fsp3) is 0.273. The van der Waals surface area contributed by atoms with Crippen molar-refractivity contribution in [2.24, 2.45) is 0 Å². The minimum atomic E-state index is -0.232. The van der Waals surface area contributed by atoms with Gasteiger partial charge in [0.25, 0.3) is 0 Å². The van der Waals surface area contributed by atoms with Crippen molar-refractivity contribution in [3.8, 4) is 5.75 Å². The van der Waals surface area contributed by atoms with Crippen LogP contribution in [0.15, 0.2) is 60.7 Å². The number of ether oxygens (including phenoxy) is 1. The third-order valence-corrected chi connectivity index (χ3v) is 4.10. The molecule has 0 radical (unpaired) electrons. The van der Waals surface area contributed by atoms with Gasteiger partial charge in [0.15, 0.2) is 0 Å². The Hall–Kier alpha value is -2.10. The van der Waals surface area contributed by atoms with Gasteiger partial charge in [-0.1, -0.05) is 42.5 Å². The van der Waals surface area contributed by atoms with Crippen molar-refractivity contribution in [1.29, 1.82) is 0 Å². The second-order valence-electron chi connectivity index (χ2n) is 7.28. The van der Waals surface area contributed by atoms with Crippen LogP contribution in [0.5, 0.6) is 5.75 Å². The normalized spacial score (nSPS) is 11.2. The summed E-state index contributed by atoms with van der Waals surface area (Å²) in [6.45, 7) is 7.59. The minimum Gasteiger partial charge on any atom is -0.489 e. The Balaban J connectivity index is 0.00000243. The third-order valence-electron chi connectivity index (χ3n) is 4.10. The van der Waals surface area contributed by atoms with Crippen molar-refractivity contribution in [2.45, 2.75) is 39.5 Å². The number of fused-ring (bicyclic) bond motifs is 1. The van der Waals surface area contributed by atoms with E-state index in [2.05, 4.69) is 44.3 Å². The molecule has 0 aliphatic heterocycles. The number of rotatable bonds is 5. The van der Waals surface area contributed by atoms with E-state index in [0.717, 1.165) is 23.4 Å². The largest absolute Gasteiger partial charge is 0.489 e. The molecule has 0 fully saturated rings. The van der Waals surface area contributed by atoms with E-state index in [-0.39, 0.29) is 23.8 Å². The lowest BCUT2D eigenvalue weighted by Gasteiger charge is -2.22. The standard InChI is InChI=1S/C22H24FNO.ClH/c1-22(2,3)24-14-20-19-7-5-4-6-17(19)10-13-21(20)25-15-16-8-11-18(23)12-9-16;/h4-13,24H,14-15H2,1-3H3;1H. The van der Waals surface area contributed by atoms with Gasteiger partial charge in [-0.05, 0) is 55.3 Å². The highest BCUT2D eigenvalue weighted by molar-refractivity contribution is 5.87. The molecular formula is C22H25ClFNO. The highest BCUT2D eigenvalue weighted by Crippen LogP contribution is 2.29. The molecule has 138 valence electrons. The first-order valence-corrected chi connectivity index (χ1v) is 8.55. The predicted octanol–water partition coefficient (Wildman–Crippen LogP) is 5.87. The summed E-state index contributed by atoms with van der Waals surface area (Å²) in [4.78, 5) is 0. The number of nitrogens with one attached hydrogen (secondary N) is 1. The predicted molar refractivity (Wildman–Crippen MR) is 109 cm³/mol. The fourth-order valence-corrected chi connectivity index (χ4v) is 2.73. The Labute approximate surface area is 160 Å². The molecule has 0 saturated heterocycles. The van der Waals surface area contributed by atoms with Crippen LogP contribution in [0.25, 0.3) is 10.8 Å². The SMILES string of the molecule is CC(C)(C)NCc1c(OCc2ccc(F)cc2)ccc2ccccc12.Cl. The van der Waals surface area contributed by atoms with Gasteiger partial charge in [0.1, 0.15) is 18.2 Å². The second kappa shape index (κ2) is 8.52. The molecule has 0 saturated carbocycles. The van der Waals surface area contributed by atoms with E-state index in [1.165, 1.54) is 22.9 Å². The number of hydrogen-bond acceptors (Lipinski definition) is 2. The molecule has 0 atom stereocenters. The fourth-order valence-electron chi connectivity index (χ4n) is 2.73. The molecule has 3 aromatic carbocycles. The maximum absolute atomic E-state index is 13.1. The summed E-state index contributed by atoms with van der Waals surface area (Å²) in [6, 6.07) is 18.9. The van der Waals surface area contributed by atoms with E-state index >= 15 is 0 Å². The summed E-state index contributed by atoms with van der Waals surface area (Å²) in [6.07, 6.45) is 0. The maximum Gasteiger partial charge on any atom is 0.124 e. The average molecular weight is 374 g/mol. The molecule has 0 aliphatic rings. The van der Waals surface area contributed by atoms with Gasteiger partial charge in [-0.15, -0.1) is 12.4 Å². The zero-order chi connectivity index (χ0) is 17.9. The second-order valence-corrected chi connectivity index (χ2v) is 7.28. The van der Waals surface area contributed by atoms with Gasteiger partial charge in [0.05, 0.1) is 0 Å². The molecule has 3 aromatic rings. The summed E-state index contributed by atoms with van der Waals surface area (Å²) < 4.78 is 19.1. The number of benzene rings is 3. The Bertz CT molecular complexity index is 856. The Morgan fingerprint density at radius 2 is 1.62 bits per heavy atom. The highest BCUT2D eigenvalue weighted by Gasteiger charge is 2.14. The van der Waals surface area contributed by atoms with E-state index in [9.17, 15) is 4.39 Å². The lowest BCUT2D eigenvalue weighted by molar-refractivity contribution is 0.300. The Kier molecular flexibility index (Phi) is 6.63. The molecule has 0 bridgehead atoms. The summed E-state index contributed by atoms with van der Waals surface area (Å²) in [5.74, 6) is 0.629. The molecule has 0 aliphatic carbocycles. The molecule has 0 spiro atoms. The van der Waals surface area contributed by atoms with E-state index in [1.807, 2.05) is 18.2 Å². The van der Waals surface area contributed by atoms with E-state index in [4.69, 9.17) is 4.74 Å². The topological polar surface area (TPSA) is 21.3 Å². The Morgan fingerprint density at radius 3 is 2.31 bits per heavy atom. The van der Waals surface area contributed by atoms with Gasteiger partial charge < -0.3 is 10.1 Å². The van der Waals surface area contributed by atoms with Gasteiger partial charge >= 0.3 is 0 Å². The van der Waals surface area contributed by atoms with Crippen LogP contribution in [-0.2, 0) is 13.2 Å². The van der Waals surface area contributed by atoms with Crippen molar-refractivity contribution >= 4 is 23.2 Å². The van der Waals surface area contributed by atoms with Crippen molar-refractivity contribution < 1.29 is 9.13 Å². The first-order chi connectivity index (χ1) is 11.9. The van der Waals surface area contributed by atoms with Crippen LogP contribution in [0.2, 0.25) is 0 Å². The van der Waals surface area contributed by atoms with Crippen LogP contribution >= 0.6 is 12.4 Å². The van der Waals surface area contributed by atoms with Crippen molar-refractivity contribution in [1.82, 2.24) is 5.32 Å². The minimum absolute atomic E-state index is 0. The smallest absolute Gasteiger partial charge is 0.124 e. The first-order valence-electron chi connectivity index (χ1n) is 8.55. The maximum atomic E-state index is 13.1. The summed E-state index contributed by atoms with van der Waals surface area (Å²) >= 11 is 0. The van der Waals surface area contributed by atoms with Crippen LogP contribution in [0.1, 0.15) is 31.9 Å². The average Bonchev–Trinajstić information content (AvgIpc) is 2.59. The third kappa shape index (κ3) is 5.20. The van der Waals surface area contributed by atoms with Gasteiger partial charge in [0.2, 0.25) is 0 Å². The van der Waals surface area contributed by atoms with Gasteiger partial charge in [0, 0.05) is 17.6 Å². The molecule has 1 N–H and O–H groups in total. The molecule has 4 heteroatoms.